The topological polar surface area (TPSA) is 17.1 Å². The van der Waals surface area contributed by atoms with Crippen LogP contribution in [-0.4, -0.2) is 9.71 Å². The fraction of sp³-hybridized carbons (Fsp3) is 0.900. The van der Waals surface area contributed by atoms with E-state index in [1.807, 2.05) is 0 Å². The van der Waals surface area contributed by atoms with Crippen LogP contribution in [0.3, 0.4) is 0 Å². The highest BCUT2D eigenvalue weighted by Gasteiger charge is 2.14. The normalized spacial score (nSPS) is 28.4. The second-order valence-electron chi connectivity index (χ2n) is 3.59. The van der Waals surface area contributed by atoms with E-state index < -0.39 is 0 Å². The first-order valence-electron chi connectivity index (χ1n) is 4.97. The maximum absolute atomic E-state index is 11.4. The molecule has 0 aromatic heterocycles. The number of carbonyl (C=O) groups is 1. The van der Waals surface area contributed by atoms with Gasteiger partial charge < -0.3 is 0 Å². The predicted molar refractivity (Wildman–Crippen MR) is 59.8 cm³/mol. The van der Waals surface area contributed by atoms with Gasteiger partial charge >= 0.3 is 0 Å². The Bertz CT molecular complexity index is 145. The number of Topliss-reactive ketones (excluding diaryl/α,β-unsaturated/α-hetero) is 1. The molecule has 0 heterocycles. The number of hydrogen-bond acceptors (Lipinski definition) is 1. The Labute approximate surface area is 88.4 Å². The van der Waals surface area contributed by atoms with Crippen molar-refractivity contribution in [2.75, 3.05) is 0 Å². The lowest BCUT2D eigenvalue weighted by atomic mass is 10.0. The summed E-state index contributed by atoms with van der Waals surface area (Å²) >= 11 is 2.31. The largest absolute Gasteiger partial charge is 0.299 e. The van der Waals surface area contributed by atoms with Crippen molar-refractivity contribution in [1.29, 1.82) is 0 Å². The molecule has 0 amide bonds. The molecule has 0 radical (unpaired) electrons. The Morgan fingerprint density at radius 1 is 1.00 bits per heavy atom. The molecule has 1 fully saturated rings. The van der Waals surface area contributed by atoms with Crippen molar-refractivity contribution in [3.8, 4) is 0 Å². The highest BCUT2D eigenvalue weighted by Crippen LogP contribution is 2.19. The molecule has 1 nitrogen and oxygen atoms in total. The number of rotatable bonds is 0. The summed E-state index contributed by atoms with van der Waals surface area (Å²) in [6, 6.07) is 0. The van der Waals surface area contributed by atoms with Gasteiger partial charge in [-0.05, 0) is 12.8 Å². The second kappa shape index (κ2) is 5.95. The molecule has 0 aliphatic heterocycles. The van der Waals surface area contributed by atoms with Crippen molar-refractivity contribution < 1.29 is 4.79 Å². The number of hydrogen-bond donors (Lipinski definition) is 0. The second-order valence-corrected chi connectivity index (χ2v) is 5.10. The summed E-state index contributed by atoms with van der Waals surface area (Å²) in [7, 11) is 0. The predicted octanol–water partition coefficient (Wildman–Crippen LogP) is 3.49. The highest BCUT2D eigenvalue weighted by atomic mass is 127. The van der Waals surface area contributed by atoms with E-state index in [9.17, 15) is 4.79 Å². The zero-order valence-corrected chi connectivity index (χ0v) is 9.68. The lowest BCUT2D eigenvalue weighted by molar-refractivity contribution is -0.118. The van der Waals surface area contributed by atoms with E-state index in [2.05, 4.69) is 22.6 Å². The van der Waals surface area contributed by atoms with Crippen LogP contribution in [0.1, 0.15) is 51.4 Å². The smallest absolute Gasteiger partial charge is 0.145 e. The van der Waals surface area contributed by atoms with Gasteiger partial charge in [0.1, 0.15) is 5.78 Å². The van der Waals surface area contributed by atoms with E-state index in [1.165, 1.54) is 32.1 Å². The third-order valence-corrected chi connectivity index (χ3v) is 3.80. The molecule has 0 aromatic carbocycles. The van der Waals surface area contributed by atoms with Crippen LogP contribution in [0.2, 0.25) is 0 Å². The van der Waals surface area contributed by atoms with E-state index in [-0.39, 0.29) is 0 Å². The monoisotopic (exact) mass is 280 g/mol. The molecule has 0 saturated heterocycles. The molecule has 0 bridgehead atoms. The maximum atomic E-state index is 11.4. The Balaban J connectivity index is 2.31. The van der Waals surface area contributed by atoms with E-state index in [0.717, 1.165) is 19.3 Å². The van der Waals surface area contributed by atoms with Crippen LogP contribution in [-0.2, 0) is 4.79 Å². The summed E-state index contributed by atoms with van der Waals surface area (Å²) < 4.78 is 0.306. The lowest BCUT2D eigenvalue weighted by Crippen LogP contribution is -2.13. The molecule has 2 heteroatoms. The number of ketones is 1. The molecule has 1 aliphatic carbocycles. The standard InChI is InChI=1S/C10H17IO/c11-9-7-5-3-1-2-4-6-8-10(9)12/h9H,1-8H2. The summed E-state index contributed by atoms with van der Waals surface area (Å²) in [6.07, 6.45) is 9.60. The third-order valence-electron chi connectivity index (χ3n) is 2.48. The Morgan fingerprint density at radius 3 is 2.33 bits per heavy atom. The van der Waals surface area contributed by atoms with E-state index in [0.29, 0.717) is 9.71 Å². The third kappa shape index (κ3) is 3.87. The number of carbonyl (C=O) groups excluding carboxylic acids is 1. The molecule has 1 rings (SSSR count). The molecular formula is C10H17IO. The van der Waals surface area contributed by atoms with Gasteiger partial charge in [0.2, 0.25) is 0 Å². The molecular weight excluding hydrogens is 263 g/mol. The summed E-state index contributed by atoms with van der Waals surface area (Å²) in [5, 5.41) is 0. The quantitative estimate of drug-likeness (QED) is 0.490. The van der Waals surface area contributed by atoms with Gasteiger partial charge in [-0.25, -0.2) is 0 Å². The summed E-state index contributed by atoms with van der Waals surface area (Å²) in [5.74, 6) is 0.484. The molecule has 1 aliphatic rings. The zero-order valence-electron chi connectivity index (χ0n) is 7.52. The highest BCUT2D eigenvalue weighted by molar-refractivity contribution is 14.1. The van der Waals surface area contributed by atoms with Gasteiger partial charge in [-0.15, -0.1) is 0 Å². The minimum absolute atomic E-state index is 0.306. The van der Waals surface area contributed by atoms with Crippen LogP contribution >= 0.6 is 22.6 Å². The first-order valence-corrected chi connectivity index (χ1v) is 6.22. The van der Waals surface area contributed by atoms with E-state index in [4.69, 9.17) is 0 Å². The molecule has 1 unspecified atom stereocenters. The van der Waals surface area contributed by atoms with Gasteiger partial charge in [0.15, 0.2) is 0 Å². The minimum atomic E-state index is 0.306. The molecule has 0 aromatic rings. The molecule has 0 spiro atoms. The first kappa shape index (κ1) is 10.5. The molecule has 70 valence electrons. The van der Waals surface area contributed by atoms with Crippen LogP contribution in [0, 0.1) is 0 Å². The lowest BCUT2D eigenvalue weighted by Gasteiger charge is -2.11. The summed E-state index contributed by atoms with van der Waals surface area (Å²) in [5.41, 5.74) is 0. The number of halogens is 1. The fourth-order valence-electron chi connectivity index (χ4n) is 1.65. The molecule has 1 saturated carbocycles. The molecule has 0 N–H and O–H groups in total. The van der Waals surface area contributed by atoms with Gasteiger partial charge in [0.05, 0.1) is 3.92 Å². The van der Waals surface area contributed by atoms with Crippen LogP contribution < -0.4 is 0 Å². The Hall–Kier alpha value is 0.400. The molecule has 1 atom stereocenters. The van der Waals surface area contributed by atoms with Gasteiger partial charge in [0, 0.05) is 6.42 Å². The summed E-state index contributed by atoms with van der Waals surface area (Å²) in [6.45, 7) is 0. The van der Waals surface area contributed by atoms with E-state index in [1.54, 1.807) is 0 Å². The van der Waals surface area contributed by atoms with Crippen molar-refractivity contribution in [3.63, 3.8) is 0 Å². The SMILES string of the molecule is O=C1CCCCCCCCC1I. The van der Waals surface area contributed by atoms with Gasteiger partial charge in [-0.1, -0.05) is 54.7 Å². The zero-order chi connectivity index (χ0) is 8.81. The van der Waals surface area contributed by atoms with Crippen LogP contribution in [0.5, 0.6) is 0 Å². The Morgan fingerprint density at radius 2 is 1.58 bits per heavy atom. The van der Waals surface area contributed by atoms with Crippen LogP contribution in [0.25, 0.3) is 0 Å². The van der Waals surface area contributed by atoms with Crippen molar-refractivity contribution in [2.45, 2.75) is 55.3 Å². The van der Waals surface area contributed by atoms with Crippen molar-refractivity contribution in [2.24, 2.45) is 0 Å². The number of alkyl halides is 1. The fourth-order valence-corrected chi connectivity index (χ4v) is 2.40. The van der Waals surface area contributed by atoms with Gasteiger partial charge in [-0.2, -0.15) is 0 Å². The maximum Gasteiger partial charge on any atom is 0.145 e. The first-order chi connectivity index (χ1) is 5.80. The minimum Gasteiger partial charge on any atom is -0.299 e. The van der Waals surface area contributed by atoms with Gasteiger partial charge in [-0.3, -0.25) is 4.79 Å². The van der Waals surface area contributed by atoms with Gasteiger partial charge in [0.25, 0.3) is 0 Å². The Kier molecular flexibility index (Phi) is 5.19. The molecule has 12 heavy (non-hydrogen) atoms. The summed E-state index contributed by atoms with van der Waals surface area (Å²) in [4.78, 5) is 11.4. The van der Waals surface area contributed by atoms with Crippen LogP contribution in [0.4, 0.5) is 0 Å². The van der Waals surface area contributed by atoms with Crippen LogP contribution in [0.15, 0.2) is 0 Å². The van der Waals surface area contributed by atoms with Crippen molar-refractivity contribution in [3.05, 3.63) is 0 Å². The van der Waals surface area contributed by atoms with E-state index >= 15 is 0 Å². The van der Waals surface area contributed by atoms with Crippen molar-refractivity contribution in [1.82, 2.24) is 0 Å². The van der Waals surface area contributed by atoms with Crippen molar-refractivity contribution >= 4 is 28.4 Å². The average Bonchev–Trinajstić information content (AvgIpc) is 2.08. The average molecular weight is 280 g/mol.